The summed E-state index contributed by atoms with van der Waals surface area (Å²) >= 11 is 1.62. The molecule has 134 valence electrons. The van der Waals surface area contributed by atoms with E-state index >= 15 is 0 Å². The molecule has 5 nitrogen and oxygen atoms in total. The SMILES string of the molecule is Cc1ncsc1CCNC(=O)c1cc(-c2ccncc2)nc2ccccc12. The second-order valence-corrected chi connectivity index (χ2v) is 7.11. The normalized spacial score (nSPS) is 10.9. The van der Waals surface area contributed by atoms with E-state index in [2.05, 4.69) is 15.3 Å². The lowest BCUT2D eigenvalue weighted by molar-refractivity contribution is 0.0956. The zero-order chi connectivity index (χ0) is 18.6. The average Bonchev–Trinajstić information content (AvgIpc) is 3.12. The van der Waals surface area contributed by atoms with Crippen LogP contribution in [0.4, 0.5) is 0 Å². The van der Waals surface area contributed by atoms with Crippen molar-refractivity contribution in [3.05, 3.63) is 76.5 Å². The fourth-order valence-electron chi connectivity index (χ4n) is 2.98. The van der Waals surface area contributed by atoms with Gasteiger partial charge in [0.25, 0.3) is 5.91 Å². The monoisotopic (exact) mass is 374 g/mol. The van der Waals surface area contributed by atoms with Crippen LogP contribution in [0, 0.1) is 6.92 Å². The molecule has 0 spiro atoms. The minimum absolute atomic E-state index is 0.0916. The summed E-state index contributed by atoms with van der Waals surface area (Å²) in [5.74, 6) is -0.0916. The quantitative estimate of drug-likeness (QED) is 0.573. The highest BCUT2D eigenvalue weighted by atomic mass is 32.1. The summed E-state index contributed by atoms with van der Waals surface area (Å²) in [6, 6.07) is 13.4. The number of amides is 1. The van der Waals surface area contributed by atoms with Crippen LogP contribution in [0.25, 0.3) is 22.2 Å². The Morgan fingerprint density at radius 3 is 2.74 bits per heavy atom. The van der Waals surface area contributed by atoms with Crippen molar-refractivity contribution < 1.29 is 4.79 Å². The molecule has 0 atom stereocenters. The summed E-state index contributed by atoms with van der Waals surface area (Å²) in [5.41, 5.74) is 6.00. The maximum atomic E-state index is 12.9. The number of pyridine rings is 2. The average molecular weight is 374 g/mol. The van der Waals surface area contributed by atoms with Crippen LogP contribution in [0.15, 0.2) is 60.4 Å². The maximum absolute atomic E-state index is 12.9. The number of nitrogens with zero attached hydrogens (tertiary/aromatic N) is 3. The van der Waals surface area contributed by atoms with Gasteiger partial charge in [-0.2, -0.15) is 0 Å². The Morgan fingerprint density at radius 1 is 1.15 bits per heavy atom. The van der Waals surface area contributed by atoms with Gasteiger partial charge >= 0.3 is 0 Å². The predicted molar refractivity (Wildman–Crippen MR) is 108 cm³/mol. The minimum atomic E-state index is -0.0916. The van der Waals surface area contributed by atoms with Gasteiger partial charge < -0.3 is 5.32 Å². The van der Waals surface area contributed by atoms with Crippen LogP contribution in [0.1, 0.15) is 20.9 Å². The topological polar surface area (TPSA) is 67.8 Å². The largest absolute Gasteiger partial charge is 0.352 e. The van der Waals surface area contributed by atoms with Crippen LogP contribution in [0.2, 0.25) is 0 Å². The molecular formula is C21H18N4OS. The zero-order valence-corrected chi connectivity index (χ0v) is 15.7. The van der Waals surface area contributed by atoms with E-state index in [9.17, 15) is 4.79 Å². The van der Waals surface area contributed by atoms with E-state index in [1.54, 1.807) is 23.7 Å². The van der Waals surface area contributed by atoms with Crippen molar-refractivity contribution in [3.63, 3.8) is 0 Å². The van der Waals surface area contributed by atoms with E-state index in [1.165, 1.54) is 4.88 Å². The standard InChI is InChI=1S/C21H18N4OS/c1-14-20(27-13-24-14)8-11-23-21(26)17-12-19(15-6-9-22-10-7-15)25-18-5-3-2-4-16(17)18/h2-7,9-10,12-13H,8,11H2,1H3,(H,23,26). The molecule has 0 aliphatic heterocycles. The molecule has 0 aliphatic carbocycles. The van der Waals surface area contributed by atoms with Crippen molar-refractivity contribution in [2.75, 3.05) is 6.54 Å². The molecule has 1 N–H and O–H groups in total. The predicted octanol–water partition coefficient (Wildman–Crippen LogP) is 4.03. The third-order valence-electron chi connectivity index (χ3n) is 4.42. The van der Waals surface area contributed by atoms with E-state index in [0.717, 1.165) is 34.3 Å². The van der Waals surface area contributed by atoms with Crippen molar-refractivity contribution >= 4 is 28.1 Å². The number of thiazole rings is 1. The first-order valence-electron chi connectivity index (χ1n) is 8.70. The van der Waals surface area contributed by atoms with Crippen LogP contribution in [-0.2, 0) is 6.42 Å². The number of hydrogen-bond acceptors (Lipinski definition) is 5. The van der Waals surface area contributed by atoms with Gasteiger partial charge in [0.05, 0.1) is 28.0 Å². The Morgan fingerprint density at radius 2 is 1.96 bits per heavy atom. The molecule has 0 saturated heterocycles. The van der Waals surface area contributed by atoms with Gasteiger partial charge in [0.1, 0.15) is 0 Å². The molecule has 1 aromatic carbocycles. The number of nitrogens with one attached hydrogen (secondary N) is 1. The minimum Gasteiger partial charge on any atom is -0.352 e. The second-order valence-electron chi connectivity index (χ2n) is 6.17. The van der Waals surface area contributed by atoms with Gasteiger partial charge in [-0.3, -0.25) is 9.78 Å². The highest BCUT2D eigenvalue weighted by Gasteiger charge is 2.14. The summed E-state index contributed by atoms with van der Waals surface area (Å²) in [6.07, 6.45) is 4.23. The second kappa shape index (κ2) is 7.63. The molecule has 27 heavy (non-hydrogen) atoms. The Hall–Kier alpha value is -3.12. The number of benzene rings is 1. The third-order valence-corrected chi connectivity index (χ3v) is 5.41. The lowest BCUT2D eigenvalue weighted by atomic mass is 10.0. The third kappa shape index (κ3) is 3.71. The van der Waals surface area contributed by atoms with Crippen molar-refractivity contribution in [3.8, 4) is 11.3 Å². The Bertz CT molecular complexity index is 1090. The van der Waals surface area contributed by atoms with Crippen LogP contribution in [0.3, 0.4) is 0 Å². The lowest BCUT2D eigenvalue weighted by Gasteiger charge is -2.10. The number of rotatable bonds is 5. The number of aryl methyl sites for hydroxylation is 1. The molecule has 0 unspecified atom stereocenters. The lowest BCUT2D eigenvalue weighted by Crippen LogP contribution is -2.26. The van der Waals surface area contributed by atoms with Gasteiger partial charge in [0.15, 0.2) is 0 Å². The molecule has 0 aliphatic rings. The number of aromatic nitrogens is 3. The van der Waals surface area contributed by atoms with Crippen LogP contribution in [-0.4, -0.2) is 27.4 Å². The maximum Gasteiger partial charge on any atom is 0.252 e. The van der Waals surface area contributed by atoms with Gasteiger partial charge in [-0.15, -0.1) is 11.3 Å². The van der Waals surface area contributed by atoms with Crippen molar-refractivity contribution in [1.29, 1.82) is 0 Å². The van der Waals surface area contributed by atoms with Crippen molar-refractivity contribution in [2.24, 2.45) is 0 Å². The molecule has 0 bridgehead atoms. The van der Waals surface area contributed by atoms with Gasteiger partial charge in [0, 0.05) is 41.2 Å². The first kappa shape index (κ1) is 17.3. The smallest absolute Gasteiger partial charge is 0.252 e. The molecule has 1 amide bonds. The zero-order valence-electron chi connectivity index (χ0n) is 14.8. The fraction of sp³-hybridized carbons (Fsp3) is 0.143. The van der Waals surface area contributed by atoms with Crippen LogP contribution in [0.5, 0.6) is 0 Å². The van der Waals surface area contributed by atoms with Crippen molar-refractivity contribution in [1.82, 2.24) is 20.3 Å². The highest BCUT2D eigenvalue weighted by molar-refractivity contribution is 7.09. The Kier molecular flexibility index (Phi) is 4.89. The van der Waals surface area contributed by atoms with E-state index in [0.29, 0.717) is 12.1 Å². The van der Waals surface area contributed by atoms with Gasteiger partial charge in [-0.05, 0) is 31.2 Å². The van der Waals surface area contributed by atoms with E-state index in [-0.39, 0.29) is 5.91 Å². The molecular weight excluding hydrogens is 356 g/mol. The number of carbonyl (C=O) groups is 1. The van der Waals surface area contributed by atoms with Gasteiger partial charge in [-0.1, -0.05) is 18.2 Å². The molecule has 4 rings (SSSR count). The summed E-state index contributed by atoms with van der Waals surface area (Å²) in [4.78, 5) is 27.1. The summed E-state index contributed by atoms with van der Waals surface area (Å²) < 4.78 is 0. The summed E-state index contributed by atoms with van der Waals surface area (Å²) in [5, 5.41) is 3.88. The molecule has 3 heterocycles. The first-order chi connectivity index (χ1) is 13.2. The highest BCUT2D eigenvalue weighted by Crippen LogP contribution is 2.24. The number of hydrogen-bond donors (Lipinski definition) is 1. The van der Waals surface area contributed by atoms with Gasteiger partial charge in [-0.25, -0.2) is 9.97 Å². The van der Waals surface area contributed by atoms with E-state index < -0.39 is 0 Å². The number of fused-ring (bicyclic) bond motifs is 1. The summed E-state index contributed by atoms with van der Waals surface area (Å²) in [7, 11) is 0. The Labute approximate surface area is 161 Å². The first-order valence-corrected chi connectivity index (χ1v) is 9.57. The molecule has 4 aromatic rings. The van der Waals surface area contributed by atoms with E-state index in [4.69, 9.17) is 4.98 Å². The fourth-order valence-corrected chi connectivity index (χ4v) is 3.77. The molecule has 0 fully saturated rings. The number of carbonyl (C=O) groups excluding carboxylic acids is 1. The van der Waals surface area contributed by atoms with Gasteiger partial charge in [0.2, 0.25) is 0 Å². The molecule has 0 saturated carbocycles. The van der Waals surface area contributed by atoms with E-state index in [1.807, 2.05) is 54.9 Å². The van der Waals surface area contributed by atoms with Crippen LogP contribution < -0.4 is 5.32 Å². The molecule has 6 heteroatoms. The summed E-state index contributed by atoms with van der Waals surface area (Å²) in [6.45, 7) is 2.56. The van der Waals surface area contributed by atoms with Crippen molar-refractivity contribution in [2.45, 2.75) is 13.3 Å². The Balaban J connectivity index is 1.63. The molecule has 0 radical (unpaired) electrons. The number of para-hydroxylation sites is 1. The molecule has 3 aromatic heterocycles. The van der Waals surface area contributed by atoms with Crippen LogP contribution >= 0.6 is 11.3 Å².